The molecule has 2 heterocycles. The number of nitrogens with one attached hydrogen (secondary N) is 2. The monoisotopic (exact) mass is 451 g/mol. The van der Waals surface area contributed by atoms with Crippen molar-refractivity contribution < 1.29 is 28.6 Å². The maximum atomic E-state index is 12.9. The van der Waals surface area contributed by atoms with E-state index in [1.807, 2.05) is 0 Å². The predicted molar refractivity (Wildman–Crippen MR) is 108 cm³/mol. The van der Waals surface area contributed by atoms with E-state index in [1.165, 1.54) is 41.9 Å². The molecular weight excluding hydrogens is 434 g/mol. The highest BCUT2D eigenvalue weighted by Gasteiger charge is 2.57. The van der Waals surface area contributed by atoms with Crippen LogP contribution in [-0.4, -0.2) is 44.9 Å². The summed E-state index contributed by atoms with van der Waals surface area (Å²) in [6, 6.07) is 7.03. The minimum absolute atomic E-state index is 0.00508. The van der Waals surface area contributed by atoms with Crippen molar-refractivity contribution in [1.82, 2.24) is 10.6 Å². The summed E-state index contributed by atoms with van der Waals surface area (Å²) in [7, 11) is 0. The third kappa shape index (κ3) is 4.30. The molecule has 1 aliphatic heterocycles. The van der Waals surface area contributed by atoms with E-state index in [4.69, 9.17) is 4.74 Å². The van der Waals surface area contributed by atoms with Crippen LogP contribution in [0.15, 0.2) is 41.1 Å². The summed E-state index contributed by atoms with van der Waals surface area (Å²) in [4.78, 5) is 46.1. The molecule has 3 unspecified atom stereocenters. The number of benzene rings is 1. The number of β-lactam (4-membered cyclic amide) rings is 1. The number of hydrogen-bond acceptors (Lipinski definition) is 8. The van der Waals surface area contributed by atoms with E-state index < -0.39 is 44.7 Å². The number of carbonyl (C=O) groups is 3. The Morgan fingerprint density at radius 3 is 2.53 bits per heavy atom. The molecule has 1 fully saturated rings. The standard InChI is InChI=1S/C18H17N3O7S2/c1-30(27)18(10-19-17(18)24)20-15(22)14(12-6-7-29-9-12)16(23)28-8-11-2-4-13(5-3-11)21(25)26/h2-7,9,14H,8,10H2,1H3,(H,19,24)(H,20,22). The van der Waals surface area contributed by atoms with Gasteiger partial charge in [0.25, 0.3) is 16.5 Å². The molecule has 0 aliphatic carbocycles. The zero-order valence-electron chi connectivity index (χ0n) is 15.7. The third-order valence-electron chi connectivity index (χ3n) is 4.58. The van der Waals surface area contributed by atoms with E-state index >= 15 is 0 Å². The number of rotatable bonds is 8. The molecule has 10 nitrogen and oxygen atoms in total. The molecule has 3 rings (SSSR count). The second-order valence-corrected chi connectivity index (χ2v) is 8.86. The number of ether oxygens (including phenoxy) is 1. The average Bonchev–Trinajstić information content (AvgIpc) is 3.23. The lowest BCUT2D eigenvalue weighted by Gasteiger charge is -2.40. The summed E-state index contributed by atoms with van der Waals surface area (Å²) in [6.07, 6.45) is 1.30. The van der Waals surface area contributed by atoms with Gasteiger partial charge in [0.1, 0.15) is 6.61 Å². The molecule has 12 heteroatoms. The molecule has 2 amide bonds. The molecule has 1 aromatic heterocycles. The van der Waals surface area contributed by atoms with Crippen molar-refractivity contribution in [2.45, 2.75) is 17.4 Å². The molecule has 0 saturated carbocycles. The molecule has 0 radical (unpaired) electrons. The number of amides is 2. The predicted octanol–water partition coefficient (Wildman–Crippen LogP) is 0.804. The Bertz CT molecular complexity index is 963. The van der Waals surface area contributed by atoms with Crippen molar-refractivity contribution in [3.05, 3.63) is 62.3 Å². The van der Waals surface area contributed by atoms with Crippen molar-refractivity contribution in [2.75, 3.05) is 12.8 Å². The highest BCUT2D eigenvalue weighted by atomic mass is 32.2. The van der Waals surface area contributed by atoms with Crippen molar-refractivity contribution in [3.8, 4) is 0 Å². The van der Waals surface area contributed by atoms with Gasteiger partial charge in [-0.15, -0.1) is 0 Å². The SMILES string of the molecule is C[S+]([O-])C1(NC(=O)C(C(=O)OCc2ccc([N+](=O)[O-])cc2)c2ccsc2)CNC1=O. The molecule has 30 heavy (non-hydrogen) atoms. The van der Waals surface area contributed by atoms with Gasteiger partial charge in [-0.3, -0.25) is 29.8 Å². The highest BCUT2D eigenvalue weighted by Crippen LogP contribution is 2.26. The van der Waals surface area contributed by atoms with Gasteiger partial charge in [0.2, 0.25) is 5.91 Å². The average molecular weight is 451 g/mol. The van der Waals surface area contributed by atoms with E-state index in [9.17, 15) is 29.1 Å². The van der Waals surface area contributed by atoms with E-state index in [2.05, 4.69) is 10.6 Å². The first kappa shape index (κ1) is 21.7. The number of nitrogens with zero attached hydrogens (tertiary/aromatic N) is 1. The van der Waals surface area contributed by atoms with Gasteiger partial charge in [-0.1, -0.05) is 0 Å². The normalized spacial score (nSPS) is 19.7. The molecule has 2 N–H and O–H groups in total. The van der Waals surface area contributed by atoms with E-state index in [1.54, 1.807) is 16.8 Å². The van der Waals surface area contributed by atoms with Crippen molar-refractivity contribution in [2.24, 2.45) is 0 Å². The van der Waals surface area contributed by atoms with E-state index in [0.717, 1.165) is 0 Å². The maximum absolute atomic E-state index is 12.9. The smallest absolute Gasteiger partial charge is 0.323 e. The summed E-state index contributed by atoms with van der Waals surface area (Å²) in [5.74, 6) is -3.60. The van der Waals surface area contributed by atoms with Crippen LogP contribution in [0, 0.1) is 10.1 Å². The van der Waals surface area contributed by atoms with Crippen LogP contribution in [0.5, 0.6) is 0 Å². The Morgan fingerprint density at radius 1 is 1.37 bits per heavy atom. The number of hydrogen-bond donors (Lipinski definition) is 2. The zero-order chi connectivity index (χ0) is 21.9. The van der Waals surface area contributed by atoms with Gasteiger partial charge in [-0.05, 0) is 51.3 Å². The summed E-state index contributed by atoms with van der Waals surface area (Å²) in [5.41, 5.74) is 0.781. The number of thiophene rings is 1. The second kappa shape index (κ2) is 8.81. The topological polar surface area (TPSA) is 151 Å². The van der Waals surface area contributed by atoms with E-state index in [0.29, 0.717) is 11.1 Å². The summed E-state index contributed by atoms with van der Waals surface area (Å²) in [5, 5.41) is 18.9. The molecule has 2 aromatic rings. The Labute approximate surface area is 177 Å². The van der Waals surface area contributed by atoms with Gasteiger partial charge in [0.05, 0.1) is 17.7 Å². The Kier molecular flexibility index (Phi) is 6.39. The maximum Gasteiger partial charge on any atom is 0.323 e. The zero-order valence-corrected chi connectivity index (χ0v) is 17.3. The van der Waals surface area contributed by atoms with Gasteiger partial charge in [-0.25, -0.2) is 0 Å². The third-order valence-corrected chi connectivity index (χ3v) is 6.70. The van der Waals surface area contributed by atoms with Gasteiger partial charge in [-0.2, -0.15) is 11.3 Å². The summed E-state index contributed by atoms with van der Waals surface area (Å²) in [6.45, 7) is -0.203. The Hall–Kier alpha value is -2.96. The molecule has 1 saturated heterocycles. The molecule has 0 bridgehead atoms. The number of nitro benzene ring substituents is 1. The molecule has 0 spiro atoms. The van der Waals surface area contributed by atoms with Crippen LogP contribution in [0.4, 0.5) is 5.69 Å². The number of carbonyl (C=O) groups excluding carboxylic acids is 3. The first-order valence-electron chi connectivity index (χ1n) is 8.60. The Balaban J connectivity index is 1.73. The lowest BCUT2D eigenvalue weighted by atomic mass is 10.00. The van der Waals surface area contributed by atoms with Gasteiger partial charge in [0, 0.05) is 12.1 Å². The first-order valence-corrected chi connectivity index (χ1v) is 11.1. The van der Waals surface area contributed by atoms with Crippen LogP contribution in [0.2, 0.25) is 0 Å². The Morgan fingerprint density at radius 2 is 2.07 bits per heavy atom. The van der Waals surface area contributed by atoms with Crippen molar-refractivity contribution >= 4 is 46.0 Å². The van der Waals surface area contributed by atoms with Gasteiger partial charge >= 0.3 is 5.97 Å². The van der Waals surface area contributed by atoms with Gasteiger partial charge < -0.3 is 14.6 Å². The van der Waals surface area contributed by atoms with Crippen LogP contribution in [-0.2, 0) is 36.9 Å². The summed E-state index contributed by atoms with van der Waals surface area (Å²) < 4.78 is 17.3. The first-order chi connectivity index (χ1) is 14.2. The fourth-order valence-corrected chi connectivity index (χ4v) is 4.32. The number of esters is 1. The largest absolute Gasteiger partial charge is 0.614 e. The second-order valence-electron chi connectivity index (χ2n) is 6.47. The minimum atomic E-state index is -1.70. The quantitative estimate of drug-likeness (QED) is 0.150. The fourth-order valence-electron chi connectivity index (χ4n) is 2.78. The lowest BCUT2D eigenvalue weighted by molar-refractivity contribution is -0.384. The fraction of sp³-hybridized carbons (Fsp3) is 0.278. The molecule has 1 aromatic carbocycles. The molecule has 3 atom stereocenters. The van der Waals surface area contributed by atoms with Crippen LogP contribution in [0.1, 0.15) is 17.0 Å². The van der Waals surface area contributed by atoms with Gasteiger partial charge in [0.15, 0.2) is 5.92 Å². The van der Waals surface area contributed by atoms with Crippen molar-refractivity contribution in [3.63, 3.8) is 0 Å². The molecular formula is C18H17N3O7S2. The molecule has 1 aliphatic rings. The molecule has 158 valence electrons. The van der Waals surface area contributed by atoms with Crippen LogP contribution in [0.3, 0.4) is 0 Å². The lowest BCUT2D eigenvalue weighted by Crippen LogP contribution is -2.76. The van der Waals surface area contributed by atoms with Crippen molar-refractivity contribution in [1.29, 1.82) is 0 Å². The minimum Gasteiger partial charge on any atom is -0.614 e. The van der Waals surface area contributed by atoms with E-state index in [-0.39, 0.29) is 18.8 Å². The van der Waals surface area contributed by atoms with Crippen LogP contribution in [0.25, 0.3) is 0 Å². The van der Waals surface area contributed by atoms with Crippen LogP contribution < -0.4 is 10.6 Å². The van der Waals surface area contributed by atoms with Crippen LogP contribution >= 0.6 is 11.3 Å². The highest BCUT2D eigenvalue weighted by molar-refractivity contribution is 7.93. The number of nitro groups is 1. The summed E-state index contributed by atoms with van der Waals surface area (Å²) >= 11 is -0.422. The number of non-ortho nitro benzene ring substituents is 1.